The molecule has 17 heavy (non-hydrogen) atoms. The van der Waals surface area contributed by atoms with Crippen LogP contribution in [0.4, 0.5) is 0 Å². The van der Waals surface area contributed by atoms with Crippen LogP contribution in [0.15, 0.2) is 0 Å². The van der Waals surface area contributed by atoms with Crippen molar-refractivity contribution in [3.05, 3.63) is 0 Å². The molecule has 0 fully saturated rings. The molecular formula is C10H19N3O4. The molecule has 0 bridgehead atoms. The van der Waals surface area contributed by atoms with E-state index in [4.69, 9.17) is 16.6 Å². The second kappa shape index (κ2) is 5.62. The fourth-order valence-corrected chi connectivity index (χ4v) is 1.29. The lowest BCUT2D eigenvalue weighted by atomic mass is 10.0. The molecular weight excluding hydrogens is 226 g/mol. The molecule has 0 spiro atoms. The Bertz CT molecular complexity index is 322. The Hall–Kier alpha value is -1.63. The van der Waals surface area contributed by atoms with Gasteiger partial charge in [-0.15, -0.1) is 0 Å². The van der Waals surface area contributed by atoms with Crippen molar-refractivity contribution in [1.29, 1.82) is 0 Å². The summed E-state index contributed by atoms with van der Waals surface area (Å²) in [6.45, 7) is 4.59. The van der Waals surface area contributed by atoms with Crippen molar-refractivity contribution in [2.45, 2.75) is 38.8 Å². The molecule has 7 nitrogen and oxygen atoms in total. The molecule has 0 radical (unpaired) electrons. The quantitative estimate of drug-likeness (QED) is 0.566. The maximum Gasteiger partial charge on any atom is 0.323 e. The van der Waals surface area contributed by atoms with E-state index in [1.807, 2.05) is 0 Å². The predicted octanol–water partition coefficient (Wildman–Crippen LogP) is -1.10. The monoisotopic (exact) mass is 245 g/mol. The third-order valence-electron chi connectivity index (χ3n) is 2.11. The van der Waals surface area contributed by atoms with Crippen LogP contribution in [-0.4, -0.2) is 45.9 Å². The van der Waals surface area contributed by atoms with E-state index in [0.717, 1.165) is 4.90 Å². The SMILES string of the molecule is CC(C)(C)N(CC(=O)O)C(=O)C(N)CC(N)=O. The second-order valence-electron chi connectivity index (χ2n) is 4.77. The molecule has 0 heterocycles. The maximum atomic E-state index is 11.9. The number of amides is 2. The van der Waals surface area contributed by atoms with Crippen molar-refractivity contribution in [3.8, 4) is 0 Å². The van der Waals surface area contributed by atoms with Crippen molar-refractivity contribution in [2.24, 2.45) is 11.5 Å². The zero-order chi connectivity index (χ0) is 13.8. The van der Waals surface area contributed by atoms with Gasteiger partial charge in [0.25, 0.3) is 0 Å². The minimum absolute atomic E-state index is 0.301. The average molecular weight is 245 g/mol. The van der Waals surface area contributed by atoms with Crippen LogP contribution in [-0.2, 0) is 14.4 Å². The van der Waals surface area contributed by atoms with Crippen LogP contribution < -0.4 is 11.5 Å². The summed E-state index contributed by atoms with van der Waals surface area (Å²) in [4.78, 5) is 34.3. The molecule has 0 aliphatic rings. The highest BCUT2D eigenvalue weighted by atomic mass is 16.4. The first-order chi connectivity index (χ1) is 7.55. The molecule has 7 heteroatoms. The number of hydrogen-bond acceptors (Lipinski definition) is 4. The molecule has 0 aromatic heterocycles. The first kappa shape index (κ1) is 15.4. The number of carbonyl (C=O) groups is 3. The minimum Gasteiger partial charge on any atom is -0.480 e. The van der Waals surface area contributed by atoms with E-state index in [9.17, 15) is 14.4 Å². The Morgan fingerprint density at radius 1 is 1.29 bits per heavy atom. The van der Waals surface area contributed by atoms with Crippen LogP contribution in [0.25, 0.3) is 0 Å². The molecule has 98 valence electrons. The van der Waals surface area contributed by atoms with Crippen molar-refractivity contribution in [1.82, 2.24) is 4.90 Å². The molecule has 1 atom stereocenters. The third kappa shape index (κ3) is 5.30. The predicted molar refractivity (Wildman–Crippen MR) is 60.9 cm³/mol. The molecule has 0 aromatic rings. The summed E-state index contributed by atoms with van der Waals surface area (Å²) in [5.41, 5.74) is 9.75. The number of nitrogens with two attached hydrogens (primary N) is 2. The van der Waals surface area contributed by atoms with E-state index in [0.29, 0.717) is 0 Å². The van der Waals surface area contributed by atoms with Gasteiger partial charge in [0.1, 0.15) is 6.54 Å². The van der Waals surface area contributed by atoms with E-state index in [1.165, 1.54) is 0 Å². The third-order valence-corrected chi connectivity index (χ3v) is 2.11. The first-order valence-corrected chi connectivity index (χ1v) is 5.13. The van der Waals surface area contributed by atoms with Crippen LogP contribution in [0.1, 0.15) is 27.2 Å². The van der Waals surface area contributed by atoms with Crippen LogP contribution in [0.2, 0.25) is 0 Å². The lowest BCUT2D eigenvalue weighted by Gasteiger charge is -2.35. The summed E-state index contributed by atoms with van der Waals surface area (Å²) in [7, 11) is 0. The van der Waals surface area contributed by atoms with Gasteiger partial charge in [-0.3, -0.25) is 14.4 Å². The number of rotatable bonds is 5. The van der Waals surface area contributed by atoms with Gasteiger partial charge in [-0.1, -0.05) is 0 Å². The van der Waals surface area contributed by atoms with Gasteiger partial charge in [-0.05, 0) is 20.8 Å². The number of carbonyl (C=O) groups excluding carboxylic acids is 2. The summed E-state index contributed by atoms with van der Waals surface area (Å²) >= 11 is 0. The Labute approximate surface area is 99.7 Å². The van der Waals surface area contributed by atoms with Crippen LogP contribution in [0.3, 0.4) is 0 Å². The minimum atomic E-state index is -1.14. The Balaban J connectivity index is 4.87. The smallest absolute Gasteiger partial charge is 0.323 e. The van der Waals surface area contributed by atoms with Crippen LogP contribution in [0, 0.1) is 0 Å². The molecule has 1 unspecified atom stereocenters. The fraction of sp³-hybridized carbons (Fsp3) is 0.700. The highest BCUT2D eigenvalue weighted by molar-refractivity contribution is 5.89. The maximum absolute atomic E-state index is 11.9. The summed E-state index contributed by atoms with van der Waals surface area (Å²) in [6.07, 6.45) is -0.301. The molecule has 0 saturated carbocycles. The second-order valence-corrected chi connectivity index (χ2v) is 4.77. The Kier molecular flexibility index (Phi) is 5.09. The summed E-state index contributed by atoms with van der Waals surface area (Å²) in [5, 5.41) is 8.73. The summed E-state index contributed by atoms with van der Waals surface area (Å²) < 4.78 is 0. The number of hydrogen-bond donors (Lipinski definition) is 3. The van der Waals surface area contributed by atoms with Crippen LogP contribution in [0.5, 0.6) is 0 Å². The highest BCUT2D eigenvalue weighted by Gasteiger charge is 2.32. The zero-order valence-corrected chi connectivity index (χ0v) is 10.3. The number of primary amides is 1. The van der Waals surface area contributed by atoms with Gasteiger partial charge in [-0.2, -0.15) is 0 Å². The number of nitrogens with zero attached hydrogens (tertiary/aromatic N) is 1. The number of carboxylic acids is 1. The first-order valence-electron chi connectivity index (χ1n) is 5.13. The van der Waals surface area contributed by atoms with Gasteiger partial charge in [0, 0.05) is 5.54 Å². The van der Waals surface area contributed by atoms with Crippen molar-refractivity contribution < 1.29 is 19.5 Å². The topological polar surface area (TPSA) is 127 Å². The van der Waals surface area contributed by atoms with Gasteiger partial charge in [-0.25, -0.2) is 0 Å². The summed E-state index contributed by atoms with van der Waals surface area (Å²) in [5.74, 6) is -2.44. The average Bonchev–Trinajstić information content (AvgIpc) is 2.09. The van der Waals surface area contributed by atoms with Crippen molar-refractivity contribution in [2.75, 3.05) is 6.54 Å². The van der Waals surface area contributed by atoms with E-state index in [-0.39, 0.29) is 6.42 Å². The van der Waals surface area contributed by atoms with E-state index < -0.39 is 35.9 Å². The van der Waals surface area contributed by atoms with E-state index in [2.05, 4.69) is 0 Å². The van der Waals surface area contributed by atoms with Crippen molar-refractivity contribution in [3.63, 3.8) is 0 Å². The van der Waals surface area contributed by atoms with Crippen molar-refractivity contribution >= 4 is 17.8 Å². The highest BCUT2D eigenvalue weighted by Crippen LogP contribution is 2.14. The number of aliphatic carboxylic acids is 1. The molecule has 2 amide bonds. The van der Waals surface area contributed by atoms with Gasteiger partial charge in [0.15, 0.2) is 0 Å². The zero-order valence-electron chi connectivity index (χ0n) is 10.3. The largest absolute Gasteiger partial charge is 0.480 e. The van der Waals surface area contributed by atoms with Crippen LogP contribution >= 0.6 is 0 Å². The van der Waals surface area contributed by atoms with Gasteiger partial charge >= 0.3 is 5.97 Å². The molecule has 0 aromatic carbocycles. The fourth-order valence-electron chi connectivity index (χ4n) is 1.29. The molecule has 0 saturated heterocycles. The van der Waals surface area contributed by atoms with Gasteiger partial charge in [0.05, 0.1) is 12.5 Å². The van der Waals surface area contributed by atoms with E-state index in [1.54, 1.807) is 20.8 Å². The normalized spacial score (nSPS) is 12.9. The molecule has 5 N–H and O–H groups in total. The summed E-state index contributed by atoms with van der Waals surface area (Å²) in [6, 6.07) is -1.11. The van der Waals surface area contributed by atoms with Gasteiger partial charge < -0.3 is 21.5 Å². The Morgan fingerprint density at radius 3 is 2.06 bits per heavy atom. The molecule has 0 rings (SSSR count). The number of carboxylic acid groups (broad SMARTS) is 1. The standard InChI is InChI=1S/C10H19N3O4/c1-10(2,3)13(5-8(15)16)9(17)6(11)4-7(12)14/h6H,4-5,11H2,1-3H3,(H2,12,14)(H,15,16). The lowest BCUT2D eigenvalue weighted by Crippen LogP contribution is -2.54. The Morgan fingerprint density at radius 2 is 1.76 bits per heavy atom. The molecule has 0 aliphatic carbocycles. The molecule has 0 aliphatic heterocycles. The van der Waals surface area contributed by atoms with E-state index >= 15 is 0 Å². The van der Waals surface area contributed by atoms with Gasteiger partial charge in [0.2, 0.25) is 11.8 Å². The lowest BCUT2D eigenvalue weighted by molar-refractivity contribution is -0.149.